The number of nitrogens with zero attached hydrogens (tertiary/aromatic N) is 3. The molecule has 0 N–H and O–H groups in total. The third-order valence-corrected chi connectivity index (χ3v) is 4.56. The minimum Gasteiger partial charge on any atom is -0.419 e. The first-order chi connectivity index (χ1) is 11.2. The zero-order valence-electron chi connectivity index (χ0n) is 12.7. The summed E-state index contributed by atoms with van der Waals surface area (Å²) in [5.74, 6) is 0.764. The van der Waals surface area contributed by atoms with Gasteiger partial charge >= 0.3 is 0 Å². The molecule has 122 valence electrons. The smallest absolute Gasteiger partial charge is 0.247 e. The summed E-state index contributed by atoms with van der Waals surface area (Å²) in [4.78, 5) is 2.28. The van der Waals surface area contributed by atoms with Crippen LogP contribution >= 0.6 is 11.6 Å². The summed E-state index contributed by atoms with van der Waals surface area (Å²) in [6, 6.07) is 7.41. The molecule has 0 saturated carbocycles. The average Bonchev–Trinajstić information content (AvgIpc) is 3.20. The van der Waals surface area contributed by atoms with E-state index in [2.05, 4.69) is 15.1 Å². The van der Waals surface area contributed by atoms with Gasteiger partial charge in [-0.25, -0.2) is 0 Å². The van der Waals surface area contributed by atoms with Crippen LogP contribution in [0.4, 0.5) is 0 Å². The van der Waals surface area contributed by atoms with E-state index in [1.165, 1.54) is 0 Å². The van der Waals surface area contributed by atoms with E-state index in [-0.39, 0.29) is 5.79 Å². The van der Waals surface area contributed by atoms with Crippen molar-refractivity contribution in [2.24, 2.45) is 0 Å². The molecule has 2 aliphatic heterocycles. The molecule has 0 amide bonds. The van der Waals surface area contributed by atoms with E-state index >= 15 is 0 Å². The molecule has 0 bridgehead atoms. The standard InChI is InChI=1S/C16H18ClN3O3/c17-13-3-1-2-12(10-13)15-19-18-14(23-15)11-20-6-4-16(5-7-20)21-8-9-22-16/h1-3,10H,4-9,11H2. The van der Waals surface area contributed by atoms with E-state index in [1.54, 1.807) is 0 Å². The van der Waals surface area contributed by atoms with Crippen LogP contribution in [0.15, 0.2) is 28.7 Å². The van der Waals surface area contributed by atoms with Crippen molar-refractivity contribution in [2.75, 3.05) is 26.3 Å². The Hall–Kier alpha value is -1.47. The number of hydrogen-bond acceptors (Lipinski definition) is 6. The Bertz CT molecular complexity index is 675. The third-order valence-electron chi connectivity index (χ3n) is 4.33. The molecular formula is C16H18ClN3O3. The van der Waals surface area contributed by atoms with Crippen molar-refractivity contribution in [3.05, 3.63) is 35.2 Å². The van der Waals surface area contributed by atoms with Gasteiger partial charge in [-0.2, -0.15) is 0 Å². The quantitative estimate of drug-likeness (QED) is 0.859. The Morgan fingerprint density at radius 3 is 2.65 bits per heavy atom. The van der Waals surface area contributed by atoms with Gasteiger partial charge in [0.25, 0.3) is 0 Å². The van der Waals surface area contributed by atoms with Crippen LogP contribution in [-0.4, -0.2) is 47.2 Å². The molecule has 2 aromatic rings. The third kappa shape index (κ3) is 3.26. The molecule has 1 aromatic heterocycles. The average molecular weight is 336 g/mol. The minimum absolute atomic E-state index is 0.350. The van der Waals surface area contributed by atoms with Crippen LogP contribution in [0.3, 0.4) is 0 Å². The van der Waals surface area contributed by atoms with E-state index < -0.39 is 0 Å². The van der Waals surface area contributed by atoms with Crippen LogP contribution in [0.5, 0.6) is 0 Å². The molecule has 3 heterocycles. The topological polar surface area (TPSA) is 60.6 Å². The molecule has 0 atom stereocenters. The summed E-state index contributed by atoms with van der Waals surface area (Å²) < 4.78 is 17.2. The lowest BCUT2D eigenvalue weighted by Crippen LogP contribution is -2.44. The number of rotatable bonds is 3. The van der Waals surface area contributed by atoms with E-state index in [0.717, 1.165) is 31.5 Å². The highest BCUT2D eigenvalue weighted by molar-refractivity contribution is 6.30. The van der Waals surface area contributed by atoms with Crippen molar-refractivity contribution in [1.29, 1.82) is 0 Å². The fourth-order valence-electron chi connectivity index (χ4n) is 3.08. The first-order valence-electron chi connectivity index (χ1n) is 7.81. The van der Waals surface area contributed by atoms with Gasteiger partial charge in [0.2, 0.25) is 11.8 Å². The van der Waals surface area contributed by atoms with E-state index in [4.69, 9.17) is 25.5 Å². The fourth-order valence-corrected chi connectivity index (χ4v) is 3.27. The summed E-state index contributed by atoms with van der Waals surface area (Å²) in [7, 11) is 0. The molecule has 0 radical (unpaired) electrons. The van der Waals surface area contributed by atoms with Crippen molar-refractivity contribution in [1.82, 2.24) is 15.1 Å². The molecule has 2 aliphatic rings. The van der Waals surface area contributed by atoms with E-state index in [9.17, 15) is 0 Å². The lowest BCUT2D eigenvalue weighted by molar-refractivity contribution is -0.186. The highest BCUT2D eigenvalue weighted by Crippen LogP contribution is 2.31. The maximum absolute atomic E-state index is 5.99. The second-order valence-electron chi connectivity index (χ2n) is 5.90. The van der Waals surface area contributed by atoms with Gasteiger partial charge in [-0.15, -0.1) is 10.2 Å². The summed E-state index contributed by atoms with van der Waals surface area (Å²) in [6.45, 7) is 3.84. The summed E-state index contributed by atoms with van der Waals surface area (Å²) in [6.07, 6.45) is 1.75. The van der Waals surface area contributed by atoms with Gasteiger partial charge in [-0.1, -0.05) is 17.7 Å². The highest BCUT2D eigenvalue weighted by Gasteiger charge is 2.39. The predicted molar refractivity (Wildman–Crippen MR) is 83.9 cm³/mol. The number of aromatic nitrogens is 2. The normalized spacial score (nSPS) is 21.1. The second-order valence-corrected chi connectivity index (χ2v) is 6.33. The van der Waals surface area contributed by atoms with Gasteiger partial charge in [0, 0.05) is 36.5 Å². The fraction of sp³-hybridized carbons (Fsp3) is 0.500. The summed E-state index contributed by atoms with van der Waals surface area (Å²) in [5, 5.41) is 8.91. The van der Waals surface area contributed by atoms with Crippen LogP contribution in [0.2, 0.25) is 5.02 Å². The van der Waals surface area contributed by atoms with Gasteiger partial charge in [-0.05, 0) is 18.2 Å². The predicted octanol–water partition coefficient (Wildman–Crippen LogP) is 2.73. The number of halogens is 1. The van der Waals surface area contributed by atoms with Gasteiger partial charge < -0.3 is 13.9 Å². The van der Waals surface area contributed by atoms with Crippen molar-refractivity contribution >= 4 is 11.6 Å². The molecule has 1 aromatic carbocycles. The maximum Gasteiger partial charge on any atom is 0.247 e. The first-order valence-corrected chi connectivity index (χ1v) is 8.19. The lowest BCUT2D eigenvalue weighted by atomic mass is 10.0. The van der Waals surface area contributed by atoms with Crippen LogP contribution in [-0.2, 0) is 16.0 Å². The molecule has 2 saturated heterocycles. The number of likely N-dealkylation sites (tertiary alicyclic amines) is 1. The van der Waals surface area contributed by atoms with Gasteiger partial charge in [0.1, 0.15) is 0 Å². The zero-order chi connectivity index (χ0) is 15.7. The number of ether oxygens (including phenoxy) is 2. The number of piperidine rings is 1. The van der Waals surface area contributed by atoms with Crippen LogP contribution in [0, 0.1) is 0 Å². The van der Waals surface area contributed by atoms with Crippen LogP contribution in [0.1, 0.15) is 18.7 Å². The van der Waals surface area contributed by atoms with Gasteiger partial charge in [0.05, 0.1) is 19.8 Å². The molecule has 1 spiro atoms. The lowest BCUT2D eigenvalue weighted by Gasteiger charge is -2.36. The Morgan fingerprint density at radius 1 is 1.13 bits per heavy atom. The largest absolute Gasteiger partial charge is 0.419 e. The van der Waals surface area contributed by atoms with Crippen molar-refractivity contribution in [2.45, 2.75) is 25.2 Å². The number of benzene rings is 1. The second kappa shape index (κ2) is 6.20. The zero-order valence-corrected chi connectivity index (χ0v) is 13.5. The summed E-state index contributed by atoms with van der Waals surface area (Å²) in [5.41, 5.74) is 0.835. The Labute approximate surface area is 139 Å². The SMILES string of the molecule is Clc1cccc(-c2nnc(CN3CCC4(CC3)OCCO4)o2)c1. The molecule has 0 aliphatic carbocycles. The van der Waals surface area contributed by atoms with Crippen molar-refractivity contribution in [3.63, 3.8) is 0 Å². The summed E-state index contributed by atoms with van der Waals surface area (Å²) >= 11 is 5.99. The monoisotopic (exact) mass is 335 g/mol. The Kier molecular flexibility index (Phi) is 4.07. The molecule has 23 heavy (non-hydrogen) atoms. The van der Waals surface area contributed by atoms with E-state index in [0.29, 0.717) is 36.6 Å². The molecular weight excluding hydrogens is 318 g/mol. The molecule has 4 rings (SSSR count). The van der Waals surface area contributed by atoms with Crippen LogP contribution in [0.25, 0.3) is 11.5 Å². The maximum atomic E-state index is 5.99. The van der Waals surface area contributed by atoms with Crippen molar-refractivity contribution in [3.8, 4) is 11.5 Å². The van der Waals surface area contributed by atoms with Gasteiger partial charge in [-0.3, -0.25) is 4.90 Å². The highest BCUT2D eigenvalue weighted by atomic mass is 35.5. The molecule has 7 heteroatoms. The number of hydrogen-bond donors (Lipinski definition) is 0. The Balaban J connectivity index is 1.39. The molecule has 6 nitrogen and oxygen atoms in total. The minimum atomic E-state index is -0.350. The van der Waals surface area contributed by atoms with Gasteiger partial charge in [0.15, 0.2) is 5.79 Å². The Morgan fingerprint density at radius 2 is 1.91 bits per heavy atom. The molecule has 0 unspecified atom stereocenters. The van der Waals surface area contributed by atoms with Crippen LogP contribution < -0.4 is 0 Å². The first kappa shape index (κ1) is 15.1. The van der Waals surface area contributed by atoms with E-state index in [1.807, 2.05) is 24.3 Å². The van der Waals surface area contributed by atoms with Crippen molar-refractivity contribution < 1.29 is 13.9 Å². The molecule has 2 fully saturated rings.